The summed E-state index contributed by atoms with van der Waals surface area (Å²) in [5, 5.41) is 3.01. The van der Waals surface area contributed by atoms with Crippen LogP contribution >= 0.6 is 11.8 Å². The van der Waals surface area contributed by atoms with E-state index in [4.69, 9.17) is 4.74 Å². The first-order valence-corrected chi connectivity index (χ1v) is 12.3. The van der Waals surface area contributed by atoms with Crippen molar-refractivity contribution in [3.8, 4) is 5.75 Å². The summed E-state index contributed by atoms with van der Waals surface area (Å²) < 4.78 is 5.20. The summed E-state index contributed by atoms with van der Waals surface area (Å²) in [7, 11) is 1.65. The van der Waals surface area contributed by atoms with Crippen molar-refractivity contribution in [2.24, 2.45) is 5.92 Å². The van der Waals surface area contributed by atoms with Gasteiger partial charge in [-0.05, 0) is 42.5 Å². The first kappa shape index (κ1) is 25.8. The summed E-state index contributed by atoms with van der Waals surface area (Å²) in [5.74, 6) is 2.13. The summed E-state index contributed by atoms with van der Waals surface area (Å²) >= 11 is 1.56. The van der Waals surface area contributed by atoms with E-state index < -0.39 is 6.04 Å². The number of hydrogen-bond acceptors (Lipinski definition) is 4. The number of carbonyl (C=O) groups is 2. The lowest BCUT2D eigenvalue weighted by Gasteiger charge is -2.31. The second-order valence-corrected chi connectivity index (χ2v) is 9.40. The van der Waals surface area contributed by atoms with Crippen LogP contribution < -0.4 is 10.1 Å². The van der Waals surface area contributed by atoms with Gasteiger partial charge in [-0.3, -0.25) is 9.59 Å². The number of methoxy groups -OCH3 is 1. The van der Waals surface area contributed by atoms with Gasteiger partial charge in [0.2, 0.25) is 11.8 Å². The minimum Gasteiger partial charge on any atom is -0.497 e. The molecule has 0 aliphatic heterocycles. The summed E-state index contributed by atoms with van der Waals surface area (Å²) in [5.41, 5.74) is 3.31. The Balaban J connectivity index is 2.10. The van der Waals surface area contributed by atoms with Gasteiger partial charge in [0.25, 0.3) is 0 Å². The molecule has 2 amide bonds. The molecule has 0 aromatic heterocycles. The van der Waals surface area contributed by atoms with E-state index in [-0.39, 0.29) is 11.8 Å². The highest BCUT2D eigenvalue weighted by Gasteiger charge is 2.28. The van der Waals surface area contributed by atoms with Crippen LogP contribution in [0.4, 0.5) is 0 Å². The molecule has 0 fully saturated rings. The molecule has 0 radical (unpaired) electrons. The Morgan fingerprint density at radius 3 is 2.41 bits per heavy atom. The third kappa shape index (κ3) is 8.23. The van der Waals surface area contributed by atoms with Crippen molar-refractivity contribution in [2.75, 3.05) is 19.4 Å². The average molecular weight is 457 g/mol. The van der Waals surface area contributed by atoms with E-state index >= 15 is 0 Å². The molecule has 0 saturated heterocycles. The maximum atomic E-state index is 13.3. The van der Waals surface area contributed by atoms with Gasteiger partial charge in [0, 0.05) is 18.8 Å². The van der Waals surface area contributed by atoms with Crippen molar-refractivity contribution >= 4 is 23.6 Å². The van der Waals surface area contributed by atoms with Crippen molar-refractivity contribution in [2.45, 2.75) is 52.5 Å². The Labute approximate surface area is 196 Å². The summed E-state index contributed by atoms with van der Waals surface area (Å²) in [6.07, 6.45) is 0.574. The Hall–Kier alpha value is -2.47. The number of hydrogen-bond donors (Lipinski definition) is 1. The molecule has 0 heterocycles. The molecule has 0 spiro atoms. The fourth-order valence-corrected chi connectivity index (χ4v) is 4.28. The van der Waals surface area contributed by atoms with Crippen molar-refractivity contribution < 1.29 is 14.3 Å². The normalized spacial score (nSPS) is 11.8. The lowest BCUT2D eigenvalue weighted by atomic mass is 10.1. The van der Waals surface area contributed by atoms with Crippen molar-refractivity contribution in [1.82, 2.24) is 10.2 Å². The number of carbonyl (C=O) groups excluding carboxylic acids is 2. The number of nitrogens with zero attached hydrogens (tertiary/aromatic N) is 1. The van der Waals surface area contributed by atoms with Crippen LogP contribution in [0.3, 0.4) is 0 Å². The largest absolute Gasteiger partial charge is 0.497 e. The zero-order chi connectivity index (χ0) is 23.5. The van der Waals surface area contributed by atoms with Gasteiger partial charge in [0.1, 0.15) is 11.8 Å². The molecule has 32 heavy (non-hydrogen) atoms. The number of rotatable bonds is 12. The number of benzene rings is 2. The maximum Gasteiger partial charge on any atom is 0.242 e. The van der Waals surface area contributed by atoms with Crippen LogP contribution in [0.2, 0.25) is 0 Å². The summed E-state index contributed by atoms with van der Waals surface area (Å²) in [4.78, 5) is 27.9. The van der Waals surface area contributed by atoms with E-state index in [0.717, 1.165) is 28.2 Å². The Morgan fingerprint density at radius 1 is 1.09 bits per heavy atom. The predicted octanol–water partition coefficient (Wildman–Crippen LogP) is 4.82. The van der Waals surface area contributed by atoms with Crippen LogP contribution in [0.15, 0.2) is 48.5 Å². The van der Waals surface area contributed by atoms with Crippen molar-refractivity contribution in [3.05, 3.63) is 65.2 Å². The molecular formula is C26H36N2O3S. The molecule has 2 aromatic carbocycles. The quantitative estimate of drug-likeness (QED) is 0.498. The third-order valence-corrected chi connectivity index (χ3v) is 6.15. The second-order valence-electron chi connectivity index (χ2n) is 8.41. The number of amides is 2. The SMILES string of the molecule is CC[C@H](C(=O)NCC(C)C)N(Cc1cccc(C)c1)C(=O)CSCc1ccc(OC)cc1. The fourth-order valence-electron chi connectivity index (χ4n) is 3.41. The number of thioether (sulfide) groups is 1. The fraction of sp³-hybridized carbons (Fsp3) is 0.462. The lowest BCUT2D eigenvalue weighted by molar-refractivity contribution is -0.139. The van der Waals surface area contributed by atoms with Crippen LogP contribution in [-0.4, -0.2) is 42.2 Å². The minimum atomic E-state index is -0.483. The smallest absolute Gasteiger partial charge is 0.242 e. The van der Waals surface area contributed by atoms with Gasteiger partial charge in [-0.1, -0.05) is 62.7 Å². The van der Waals surface area contributed by atoms with Crippen LogP contribution in [0.25, 0.3) is 0 Å². The molecule has 0 bridgehead atoms. The molecule has 1 N–H and O–H groups in total. The molecule has 2 aromatic rings. The van der Waals surface area contributed by atoms with E-state index in [0.29, 0.717) is 31.2 Å². The molecule has 0 aliphatic rings. The van der Waals surface area contributed by atoms with Gasteiger partial charge in [-0.15, -0.1) is 11.8 Å². The second kappa shape index (κ2) is 13.2. The monoisotopic (exact) mass is 456 g/mol. The number of aryl methyl sites for hydroxylation is 1. The van der Waals surface area contributed by atoms with Crippen molar-refractivity contribution in [1.29, 1.82) is 0 Å². The van der Waals surface area contributed by atoms with E-state index in [1.54, 1.807) is 23.8 Å². The Kier molecular flexibility index (Phi) is 10.6. The first-order chi connectivity index (χ1) is 15.3. The van der Waals surface area contributed by atoms with Crippen molar-refractivity contribution in [3.63, 3.8) is 0 Å². The summed E-state index contributed by atoms with van der Waals surface area (Å²) in [6, 6.07) is 15.5. The van der Waals surface area contributed by atoms with Gasteiger partial charge in [-0.2, -0.15) is 0 Å². The average Bonchev–Trinajstić information content (AvgIpc) is 2.78. The van der Waals surface area contributed by atoms with Crippen LogP contribution in [0, 0.1) is 12.8 Å². The van der Waals surface area contributed by atoms with E-state index in [1.165, 1.54) is 0 Å². The Bertz CT molecular complexity index is 868. The topological polar surface area (TPSA) is 58.6 Å². The molecular weight excluding hydrogens is 420 g/mol. The van der Waals surface area contributed by atoms with Crippen LogP contribution in [0.5, 0.6) is 5.75 Å². The van der Waals surface area contributed by atoms with E-state index in [2.05, 4.69) is 25.2 Å². The van der Waals surface area contributed by atoms with Crippen LogP contribution in [-0.2, 0) is 21.9 Å². The maximum absolute atomic E-state index is 13.3. The van der Waals surface area contributed by atoms with Gasteiger partial charge in [0.05, 0.1) is 12.9 Å². The molecule has 0 saturated carbocycles. The predicted molar refractivity (Wildman–Crippen MR) is 133 cm³/mol. The molecule has 174 valence electrons. The van der Waals surface area contributed by atoms with E-state index in [9.17, 15) is 9.59 Å². The molecule has 1 atom stereocenters. The highest BCUT2D eigenvalue weighted by atomic mass is 32.2. The zero-order valence-electron chi connectivity index (χ0n) is 19.9. The molecule has 2 rings (SSSR count). The van der Waals surface area contributed by atoms with Gasteiger partial charge < -0.3 is 15.0 Å². The van der Waals surface area contributed by atoms with Gasteiger partial charge in [-0.25, -0.2) is 0 Å². The molecule has 5 nitrogen and oxygen atoms in total. The lowest BCUT2D eigenvalue weighted by Crippen LogP contribution is -2.50. The van der Waals surface area contributed by atoms with Crippen LogP contribution in [0.1, 0.15) is 43.9 Å². The first-order valence-electron chi connectivity index (χ1n) is 11.2. The van der Waals surface area contributed by atoms with Gasteiger partial charge in [0.15, 0.2) is 0 Å². The number of ether oxygens (including phenoxy) is 1. The zero-order valence-corrected chi connectivity index (χ0v) is 20.7. The standard InChI is InChI=1S/C26H36N2O3S/c1-6-24(26(30)27-15-19(2)3)28(16-22-9-7-8-20(4)14-22)25(29)18-32-17-21-10-12-23(31-5)13-11-21/h7-14,19,24H,6,15-18H2,1-5H3,(H,27,30)/t24-/m1/s1. The molecule has 0 unspecified atom stereocenters. The number of nitrogens with one attached hydrogen (secondary N) is 1. The summed E-state index contributed by atoms with van der Waals surface area (Å²) in [6.45, 7) is 9.15. The molecule has 0 aliphatic carbocycles. The molecule has 6 heteroatoms. The minimum absolute atomic E-state index is 0.0171. The van der Waals surface area contributed by atoms with Gasteiger partial charge >= 0.3 is 0 Å². The van der Waals surface area contributed by atoms with E-state index in [1.807, 2.05) is 56.3 Å². The third-order valence-electron chi connectivity index (χ3n) is 5.16. The highest BCUT2D eigenvalue weighted by Crippen LogP contribution is 2.19. The Morgan fingerprint density at radius 2 is 1.81 bits per heavy atom. The highest BCUT2D eigenvalue weighted by molar-refractivity contribution is 7.99.